The van der Waals surface area contributed by atoms with Gasteiger partial charge < -0.3 is 10.1 Å². The molecule has 6 heteroatoms. The van der Waals surface area contributed by atoms with Crippen LogP contribution in [0.2, 0.25) is 5.02 Å². The smallest absolute Gasteiger partial charge is 0.225 e. The van der Waals surface area contributed by atoms with Crippen molar-refractivity contribution in [1.29, 1.82) is 0 Å². The van der Waals surface area contributed by atoms with E-state index in [2.05, 4.69) is 15.3 Å². The van der Waals surface area contributed by atoms with Gasteiger partial charge in [0.15, 0.2) is 0 Å². The number of ether oxygens (including phenoxy) is 1. The molecule has 1 aromatic carbocycles. The van der Waals surface area contributed by atoms with E-state index in [1.54, 1.807) is 18.3 Å². The number of rotatable bonds is 5. The standard InChI is InChI=1S/C13H13ClFN3O/c1-2-6-16-13-17-7-5-12(18-13)19-9-3-4-10(14)11(15)8-9/h3-5,7-8H,2,6H2,1H3,(H,16,17,18). The summed E-state index contributed by atoms with van der Waals surface area (Å²) in [6, 6.07) is 5.82. The molecule has 0 bridgehead atoms. The Hall–Kier alpha value is -1.88. The van der Waals surface area contributed by atoms with Gasteiger partial charge in [0.2, 0.25) is 11.8 Å². The molecule has 1 heterocycles. The third-order valence-corrected chi connectivity index (χ3v) is 2.58. The Morgan fingerprint density at radius 1 is 1.37 bits per heavy atom. The van der Waals surface area contributed by atoms with Crippen molar-refractivity contribution in [3.8, 4) is 11.6 Å². The molecular weight excluding hydrogens is 269 g/mol. The first kappa shape index (κ1) is 13.5. The van der Waals surface area contributed by atoms with Crippen molar-refractivity contribution in [1.82, 2.24) is 9.97 Å². The first-order valence-corrected chi connectivity index (χ1v) is 6.26. The zero-order valence-corrected chi connectivity index (χ0v) is 11.1. The summed E-state index contributed by atoms with van der Waals surface area (Å²) in [7, 11) is 0. The average molecular weight is 282 g/mol. The van der Waals surface area contributed by atoms with Gasteiger partial charge >= 0.3 is 0 Å². The van der Waals surface area contributed by atoms with Crippen LogP contribution < -0.4 is 10.1 Å². The summed E-state index contributed by atoms with van der Waals surface area (Å²) in [5, 5.41) is 3.10. The molecule has 0 unspecified atom stereocenters. The lowest BCUT2D eigenvalue weighted by Gasteiger charge is -2.07. The SMILES string of the molecule is CCCNc1nccc(Oc2ccc(Cl)c(F)c2)n1. The fraction of sp³-hybridized carbons (Fsp3) is 0.231. The van der Waals surface area contributed by atoms with Crippen molar-refractivity contribution in [3.05, 3.63) is 41.3 Å². The molecule has 0 saturated heterocycles. The molecule has 0 aliphatic rings. The number of anilines is 1. The van der Waals surface area contributed by atoms with Gasteiger partial charge in [-0.25, -0.2) is 9.37 Å². The highest BCUT2D eigenvalue weighted by molar-refractivity contribution is 6.30. The Morgan fingerprint density at radius 2 is 2.21 bits per heavy atom. The van der Waals surface area contributed by atoms with Crippen LogP contribution in [0, 0.1) is 5.82 Å². The molecule has 0 amide bonds. The molecule has 0 aliphatic heterocycles. The maximum absolute atomic E-state index is 13.3. The predicted molar refractivity (Wildman–Crippen MR) is 72.3 cm³/mol. The maximum Gasteiger partial charge on any atom is 0.225 e. The minimum Gasteiger partial charge on any atom is -0.439 e. The van der Waals surface area contributed by atoms with Gasteiger partial charge in [-0.3, -0.25) is 0 Å². The molecule has 19 heavy (non-hydrogen) atoms. The highest BCUT2D eigenvalue weighted by Gasteiger charge is 2.05. The molecule has 0 fully saturated rings. The van der Waals surface area contributed by atoms with E-state index in [-0.39, 0.29) is 5.02 Å². The van der Waals surface area contributed by atoms with Gasteiger partial charge in [-0.05, 0) is 18.6 Å². The molecule has 100 valence electrons. The number of halogens is 2. The maximum atomic E-state index is 13.3. The Bertz CT molecular complexity index is 565. The van der Waals surface area contributed by atoms with E-state index in [9.17, 15) is 4.39 Å². The first-order valence-electron chi connectivity index (χ1n) is 5.89. The average Bonchev–Trinajstić information content (AvgIpc) is 2.41. The Morgan fingerprint density at radius 3 is 2.95 bits per heavy atom. The van der Waals surface area contributed by atoms with Crippen molar-refractivity contribution >= 4 is 17.5 Å². The molecule has 0 saturated carbocycles. The molecule has 0 radical (unpaired) electrons. The third kappa shape index (κ3) is 3.79. The van der Waals surface area contributed by atoms with Crippen LogP contribution in [0.25, 0.3) is 0 Å². The third-order valence-electron chi connectivity index (χ3n) is 2.28. The summed E-state index contributed by atoms with van der Waals surface area (Å²) in [5.74, 6) is 0.628. The lowest BCUT2D eigenvalue weighted by atomic mass is 10.3. The fourth-order valence-electron chi connectivity index (χ4n) is 1.38. The monoisotopic (exact) mass is 281 g/mol. The van der Waals surface area contributed by atoms with E-state index in [0.717, 1.165) is 13.0 Å². The quantitative estimate of drug-likeness (QED) is 0.903. The number of benzene rings is 1. The van der Waals surface area contributed by atoms with Gasteiger partial charge in [-0.1, -0.05) is 18.5 Å². The van der Waals surface area contributed by atoms with Gasteiger partial charge in [-0.15, -0.1) is 0 Å². The topological polar surface area (TPSA) is 47.0 Å². The van der Waals surface area contributed by atoms with E-state index in [1.807, 2.05) is 6.92 Å². The Labute approximate surface area is 115 Å². The lowest BCUT2D eigenvalue weighted by molar-refractivity contribution is 0.457. The zero-order valence-electron chi connectivity index (χ0n) is 10.4. The number of aromatic nitrogens is 2. The van der Waals surface area contributed by atoms with E-state index in [0.29, 0.717) is 17.6 Å². The van der Waals surface area contributed by atoms with Crippen LogP contribution >= 0.6 is 11.6 Å². The largest absolute Gasteiger partial charge is 0.439 e. The Kier molecular flexibility index (Phi) is 4.52. The molecule has 2 aromatic rings. The van der Waals surface area contributed by atoms with Crippen LogP contribution in [0.5, 0.6) is 11.6 Å². The minimum absolute atomic E-state index is 0.0559. The van der Waals surface area contributed by atoms with Crippen molar-refractivity contribution in [3.63, 3.8) is 0 Å². The number of hydrogen-bond acceptors (Lipinski definition) is 4. The van der Waals surface area contributed by atoms with Crippen molar-refractivity contribution in [2.45, 2.75) is 13.3 Å². The van der Waals surface area contributed by atoms with Gasteiger partial charge in [0.1, 0.15) is 11.6 Å². The van der Waals surface area contributed by atoms with Gasteiger partial charge in [-0.2, -0.15) is 4.98 Å². The van der Waals surface area contributed by atoms with Gasteiger partial charge in [0.25, 0.3) is 0 Å². The molecule has 0 spiro atoms. The molecule has 4 nitrogen and oxygen atoms in total. The number of hydrogen-bond donors (Lipinski definition) is 1. The summed E-state index contributed by atoms with van der Waals surface area (Å²) in [5.41, 5.74) is 0. The van der Waals surface area contributed by atoms with Gasteiger partial charge in [0.05, 0.1) is 5.02 Å². The number of nitrogens with zero attached hydrogens (tertiary/aromatic N) is 2. The molecule has 1 N–H and O–H groups in total. The molecular formula is C13H13ClFN3O. The van der Waals surface area contributed by atoms with E-state index in [4.69, 9.17) is 16.3 Å². The van der Waals surface area contributed by atoms with Crippen LogP contribution in [0.15, 0.2) is 30.5 Å². The zero-order chi connectivity index (χ0) is 13.7. The highest BCUT2D eigenvalue weighted by atomic mass is 35.5. The van der Waals surface area contributed by atoms with Crippen molar-refractivity contribution in [2.24, 2.45) is 0 Å². The molecule has 0 atom stereocenters. The van der Waals surface area contributed by atoms with Crippen LogP contribution in [-0.4, -0.2) is 16.5 Å². The summed E-state index contributed by atoms with van der Waals surface area (Å²) < 4.78 is 18.7. The summed E-state index contributed by atoms with van der Waals surface area (Å²) >= 11 is 5.60. The van der Waals surface area contributed by atoms with Crippen molar-refractivity contribution in [2.75, 3.05) is 11.9 Å². The van der Waals surface area contributed by atoms with Crippen LogP contribution in [0.4, 0.5) is 10.3 Å². The first-order chi connectivity index (χ1) is 9.19. The van der Waals surface area contributed by atoms with E-state index in [1.165, 1.54) is 12.1 Å². The summed E-state index contributed by atoms with van der Waals surface area (Å²) in [4.78, 5) is 8.21. The predicted octanol–water partition coefficient (Wildman–Crippen LogP) is 3.88. The molecule has 1 aromatic heterocycles. The molecule has 0 aliphatic carbocycles. The normalized spacial score (nSPS) is 10.3. The van der Waals surface area contributed by atoms with Gasteiger partial charge in [0, 0.05) is 24.9 Å². The molecule has 2 rings (SSSR count). The number of nitrogens with one attached hydrogen (secondary N) is 1. The lowest BCUT2D eigenvalue weighted by Crippen LogP contribution is -2.04. The van der Waals surface area contributed by atoms with E-state index < -0.39 is 5.82 Å². The summed E-state index contributed by atoms with van der Waals surface area (Å²) in [6.07, 6.45) is 2.55. The second kappa shape index (κ2) is 6.33. The Balaban J connectivity index is 2.11. The fourth-order valence-corrected chi connectivity index (χ4v) is 1.50. The van der Waals surface area contributed by atoms with Crippen LogP contribution in [0.3, 0.4) is 0 Å². The second-order valence-electron chi connectivity index (χ2n) is 3.82. The minimum atomic E-state index is -0.530. The second-order valence-corrected chi connectivity index (χ2v) is 4.23. The van der Waals surface area contributed by atoms with Crippen LogP contribution in [-0.2, 0) is 0 Å². The van der Waals surface area contributed by atoms with Crippen LogP contribution in [0.1, 0.15) is 13.3 Å². The van der Waals surface area contributed by atoms with E-state index >= 15 is 0 Å². The summed E-state index contributed by atoms with van der Waals surface area (Å²) in [6.45, 7) is 2.82. The van der Waals surface area contributed by atoms with Crippen molar-refractivity contribution < 1.29 is 9.13 Å². The highest BCUT2D eigenvalue weighted by Crippen LogP contribution is 2.24.